The van der Waals surface area contributed by atoms with Gasteiger partial charge >= 0.3 is 12.3 Å². The van der Waals surface area contributed by atoms with E-state index in [1.165, 1.54) is 0 Å². The molecular formula is C16H21N3O4. The van der Waals surface area contributed by atoms with Crippen LogP contribution in [0.3, 0.4) is 0 Å². The zero-order valence-corrected chi connectivity index (χ0v) is 13.7. The standard InChI is InChI=1S/C16H21N3O4/c1-14(2,3)23-13(22)19-5-10(6-19)12(21)16-7-15(8-16,9-16)11(20)4-18-17/h4,10H,5-9H2,1-3H3. The molecule has 1 saturated heterocycles. The van der Waals surface area contributed by atoms with E-state index in [1.54, 1.807) is 25.7 Å². The molecule has 1 aliphatic heterocycles. The summed E-state index contributed by atoms with van der Waals surface area (Å²) in [6.45, 7) is 6.22. The number of nitrogens with zero attached hydrogens (tertiary/aromatic N) is 3. The number of hydrogen-bond acceptors (Lipinski definition) is 4. The monoisotopic (exact) mass is 319 g/mol. The Hall–Kier alpha value is -2.01. The van der Waals surface area contributed by atoms with Crippen LogP contribution in [0.4, 0.5) is 4.79 Å². The average molecular weight is 319 g/mol. The van der Waals surface area contributed by atoms with E-state index in [2.05, 4.69) is 4.79 Å². The number of rotatable bonds is 4. The Morgan fingerprint density at radius 3 is 2.22 bits per heavy atom. The van der Waals surface area contributed by atoms with Crippen molar-refractivity contribution in [2.75, 3.05) is 13.1 Å². The van der Waals surface area contributed by atoms with Gasteiger partial charge in [-0.3, -0.25) is 9.59 Å². The number of carbonyl (C=O) groups is 3. The van der Waals surface area contributed by atoms with Crippen LogP contribution in [0, 0.1) is 16.7 Å². The Morgan fingerprint density at radius 1 is 1.17 bits per heavy atom. The van der Waals surface area contributed by atoms with Crippen molar-refractivity contribution in [3.8, 4) is 0 Å². The van der Waals surface area contributed by atoms with E-state index >= 15 is 0 Å². The lowest BCUT2D eigenvalue weighted by molar-refractivity contribution is -0.207. The second-order valence-electron chi connectivity index (χ2n) is 8.15. The number of ether oxygens (including phenoxy) is 1. The summed E-state index contributed by atoms with van der Waals surface area (Å²) >= 11 is 0. The van der Waals surface area contributed by atoms with Crippen LogP contribution in [0.5, 0.6) is 0 Å². The number of carbonyl (C=O) groups excluding carboxylic acids is 3. The fraction of sp³-hybridized carbons (Fsp3) is 0.750. The molecule has 0 unspecified atom stereocenters. The van der Waals surface area contributed by atoms with Gasteiger partial charge in [0, 0.05) is 23.9 Å². The Balaban J connectivity index is 1.49. The average Bonchev–Trinajstić information content (AvgIpc) is 2.20. The van der Waals surface area contributed by atoms with E-state index in [0.29, 0.717) is 32.4 Å². The molecule has 0 aromatic carbocycles. The molecule has 7 nitrogen and oxygen atoms in total. The van der Waals surface area contributed by atoms with Gasteiger partial charge in [0.1, 0.15) is 11.4 Å². The van der Waals surface area contributed by atoms with Gasteiger partial charge in [0.25, 0.3) is 0 Å². The van der Waals surface area contributed by atoms with Crippen molar-refractivity contribution < 1.29 is 23.9 Å². The minimum Gasteiger partial charge on any atom is -0.444 e. The van der Waals surface area contributed by atoms with Gasteiger partial charge in [0.05, 0.1) is 5.92 Å². The summed E-state index contributed by atoms with van der Waals surface area (Å²) in [5.41, 5.74) is 7.04. The molecule has 4 aliphatic rings. The normalized spacial score (nSPS) is 31.9. The summed E-state index contributed by atoms with van der Waals surface area (Å²) in [6.07, 6.45) is 2.19. The largest absolute Gasteiger partial charge is 0.444 e. The molecule has 2 bridgehead atoms. The molecule has 1 amide bonds. The molecule has 23 heavy (non-hydrogen) atoms. The lowest BCUT2D eigenvalue weighted by atomic mass is 9.32. The zero-order chi connectivity index (χ0) is 17.0. The van der Waals surface area contributed by atoms with Gasteiger partial charge in [0.15, 0.2) is 0 Å². The van der Waals surface area contributed by atoms with Crippen LogP contribution in [0.15, 0.2) is 0 Å². The molecule has 4 fully saturated rings. The van der Waals surface area contributed by atoms with Crippen molar-refractivity contribution in [2.24, 2.45) is 16.7 Å². The topological polar surface area (TPSA) is 100 Å². The maximum atomic E-state index is 12.6. The smallest absolute Gasteiger partial charge is 0.410 e. The van der Waals surface area contributed by atoms with Crippen LogP contribution in [0.1, 0.15) is 40.0 Å². The lowest BCUT2D eigenvalue weighted by Gasteiger charge is -2.68. The third-order valence-corrected chi connectivity index (χ3v) is 5.15. The first kappa shape index (κ1) is 15.9. The summed E-state index contributed by atoms with van der Waals surface area (Å²) in [4.78, 5) is 40.6. The van der Waals surface area contributed by atoms with Crippen molar-refractivity contribution in [2.45, 2.75) is 45.6 Å². The van der Waals surface area contributed by atoms with Gasteiger partial charge in [-0.05, 0) is 40.0 Å². The Labute approximate surface area is 134 Å². The Bertz CT molecular complexity index is 616. The van der Waals surface area contributed by atoms with Gasteiger partial charge < -0.3 is 15.2 Å². The molecule has 3 aliphatic carbocycles. The van der Waals surface area contributed by atoms with Gasteiger partial charge in [-0.1, -0.05) is 0 Å². The first-order valence-electron chi connectivity index (χ1n) is 7.85. The molecule has 0 aromatic rings. The molecule has 0 aromatic heterocycles. The molecule has 124 valence electrons. The molecule has 0 radical (unpaired) electrons. The first-order chi connectivity index (χ1) is 10.6. The van der Waals surface area contributed by atoms with Crippen LogP contribution in [-0.2, 0) is 14.3 Å². The molecule has 7 heteroatoms. The van der Waals surface area contributed by atoms with Crippen LogP contribution in [-0.4, -0.2) is 52.3 Å². The number of likely N-dealkylation sites (tertiary alicyclic amines) is 1. The molecule has 0 spiro atoms. The third kappa shape index (κ3) is 2.39. The van der Waals surface area contributed by atoms with Crippen molar-refractivity contribution in [1.82, 2.24) is 4.90 Å². The van der Waals surface area contributed by atoms with Crippen LogP contribution < -0.4 is 0 Å². The van der Waals surface area contributed by atoms with Crippen molar-refractivity contribution in [3.05, 3.63) is 5.53 Å². The van der Waals surface area contributed by atoms with E-state index in [1.807, 2.05) is 0 Å². The highest BCUT2D eigenvalue weighted by Crippen LogP contribution is 2.74. The molecule has 0 atom stereocenters. The zero-order valence-electron chi connectivity index (χ0n) is 13.7. The van der Waals surface area contributed by atoms with E-state index < -0.39 is 11.0 Å². The lowest BCUT2D eigenvalue weighted by Crippen LogP contribution is -2.71. The van der Waals surface area contributed by atoms with E-state index in [0.717, 1.165) is 6.21 Å². The number of hydrogen-bond donors (Lipinski definition) is 0. The summed E-state index contributed by atoms with van der Waals surface area (Å²) in [7, 11) is 0. The number of ketones is 2. The predicted octanol–water partition coefficient (Wildman–Crippen LogP) is 1.46. The maximum Gasteiger partial charge on any atom is 0.410 e. The SMILES string of the molecule is CC(C)(C)OC(=O)N1CC(C(=O)C23CC(C(=O)C=[N+]=[N-])(C2)C3)C1. The minimum absolute atomic E-state index is 0.151. The number of amides is 1. The van der Waals surface area contributed by atoms with Gasteiger partial charge in [-0.25, -0.2) is 4.79 Å². The summed E-state index contributed by atoms with van der Waals surface area (Å²) < 4.78 is 5.27. The summed E-state index contributed by atoms with van der Waals surface area (Å²) in [5.74, 6) is -0.186. The highest BCUT2D eigenvalue weighted by molar-refractivity contribution is 6.29. The Morgan fingerprint density at radius 2 is 1.74 bits per heavy atom. The highest BCUT2D eigenvalue weighted by Gasteiger charge is 2.75. The molecule has 4 rings (SSSR count). The third-order valence-electron chi connectivity index (χ3n) is 5.15. The first-order valence-corrected chi connectivity index (χ1v) is 7.85. The van der Waals surface area contributed by atoms with Crippen molar-refractivity contribution in [3.63, 3.8) is 0 Å². The van der Waals surface area contributed by atoms with Gasteiger partial charge in [-0.2, -0.15) is 4.79 Å². The van der Waals surface area contributed by atoms with Crippen molar-refractivity contribution >= 4 is 23.9 Å². The maximum absolute atomic E-state index is 12.6. The molecule has 3 saturated carbocycles. The summed E-state index contributed by atoms with van der Waals surface area (Å²) in [6, 6.07) is 0. The van der Waals surface area contributed by atoms with E-state index in [4.69, 9.17) is 10.3 Å². The fourth-order valence-electron chi connectivity index (χ4n) is 4.05. The highest BCUT2D eigenvalue weighted by atomic mass is 16.6. The number of Topliss-reactive ketones (excluding diaryl/α,β-unsaturated/α-hetero) is 2. The van der Waals surface area contributed by atoms with Crippen LogP contribution in [0.25, 0.3) is 5.53 Å². The molecule has 1 heterocycles. The van der Waals surface area contributed by atoms with Gasteiger partial charge in [0.2, 0.25) is 5.78 Å². The predicted molar refractivity (Wildman–Crippen MR) is 79.7 cm³/mol. The Kier molecular flexibility index (Phi) is 3.27. The second-order valence-corrected chi connectivity index (χ2v) is 8.15. The van der Waals surface area contributed by atoms with E-state index in [-0.39, 0.29) is 29.0 Å². The quantitative estimate of drug-likeness (QED) is 0.445. The van der Waals surface area contributed by atoms with Crippen LogP contribution in [0.2, 0.25) is 0 Å². The fourth-order valence-corrected chi connectivity index (χ4v) is 4.05. The van der Waals surface area contributed by atoms with Crippen LogP contribution >= 0.6 is 0 Å². The summed E-state index contributed by atoms with van der Waals surface area (Å²) in [5, 5.41) is 0. The minimum atomic E-state index is -0.541. The molecule has 0 N–H and O–H groups in total. The van der Waals surface area contributed by atoms with Gasteiger partial charge in [-0.15, -0.1) is 0 Å². The molecular weight excluding hydrogens is 298 g/mol. The van der Waals surface area contributed by atoms with Crippen molar-refractivity contribution in [1.29, 1.82) is 0 Å². The van der Waals surface area contributed by atoms with E-state index in [9.17, 15) is 14.4 Å². The second kappa shape index (κ2) is 4.74.